The van der Waals surface area contributed by atoms with Crippen molar-refractivity contribution in [2.75, 3.05) is 0 Å². The van der Waals surface area contributed by atoms with Gasteiger partial charge in [0.25, 0.3) is 0 Å². The molecule has 2 rings (SSSR count). The van der Waals surface area contributed by atoms with Crippen molar-refractivity contribution in [3.63, 3.8) is 0 Å². The Kier molecular flexibility index (Phi) is 2.17. The molecule has 0 saturated carbocycles. The average molecular weight is 214 g/mol. The van der Waals surface area contributed by atoms with Crippen molar-refractivity contribution in [3.05, 3.63) is 30.0 Å². The Bertz CT molecular complexity index is 485. The van der Waals surface area contributed by atoms with Gasteiger partial charge in [0.1, 0.15) is 0 Å². The summed E-state index contributed by atoms with van der Waals surface area (Å²) in [6, 6.07) is 6.37. The van der Waals surface area contributed by atoms with Crippen LogP contribution in [0.1, 0.15) is 12.6 Å². The number of aryl methyl sites for hydroxylation is 1. The summed E-state index contributed by atoms with van der Waals surface area (Å²) in [5.41, 5.74) is -0.285. The zero-order valence-electron chi connectivity index (χ0n) is 8.04. The molecule has 0 aliphatic heterocycles. The molecule has 0 amide bonds. The smallest absolute Gasteiger partial charge is 0.265 e. The molecule has 0 bridgehead atoms. The van der Waals surface area contributed by atoms with E-state index in [2.05, 4.69) is 5.10 Å². The van der Waals surface area contributed by atoms with E-state index >= 15 is 0 Å². The minimum Gasteiger partial charge on any atom is -0.265 e. The van der Waals surface area contributed by atoms with E-state index in [1.54, 1.807) is 25.1 Å². The highest BCUT2D eigenvalue weighted by Gasteiger charge is 2.36. The number of aromatic nitrogens is 2. The zero-order chi connectivity index (χ0) is 11.1. The van der Waals surface area contributed by atoms with Crippen molar-refractivity contribution < 1.29 is 13.2 Å². The quantitative estimate of drug-likeness (QED) is 0.713. The van der Waals surface area contributed by atoms with Gasteiger partial charge in [-0.2, -0.15) is 18.3 Å². The first-order valence-corrected chi connectivity index (χ1v) is 4.56. The lowest BCUT2D eigenvalue weighted by Gasteiger charge is -2.01. The van der Waals surface area contributed by atoms with Gasteiger partial charge in [-0.1, -0.05) is 18.2 Å². The molecular formula is C10H9F3N2. The predicted octanol–water partition coefficient (Wildman–Crippen LogP) is 3.08. The Hall–Kier alpha value is -1.52. The summed E-state index contributed by atoms with van der Waals surface area (Å²) in [6.07, 6.45) is -4.39. The SMILES string of the molecule is CCn1nc(C(F)(F)F)c2ccccc21. The van der Waals surface area contributed by atoms with Crippen LogP contribution in [0.15, 0.2) is 24.3 Å². The standard InChI is InChI=1S/C10H9F3N2/c1-2-15-8-6-4-3-5-7(8)9(14-15)10(11,12)13/h3-6H,2H2,1H3. The van der Waals surface area contributed by atoms with Gasteiger partial charge in [-0.3, -0.25) is 4.68 Å². The summed E-state index contributed by atoms with van der Waals surface area (Å²) in [5, 5.41) is 3.73. The van der Waals surface area contributed by atoms with Gasteiger partial charge in [0.05, 0.1) is 5.52 Å². The Labute approximate surface area is 84.3 Å². The van der Waals surface area contributed by atoms with Crippen LogP contribution < -0.4 is 0 Å². The van der Waals surface area contributed by atoms with Gasteiger partial charge >= 0.3 is 6.18 Å². The van der Waals surface area contributed by atoms with Gasteiger partial charge in [0.15, 0.2) is 5.69 Å². The number of fused-ring (bicyclic) bond motifs is 1. The third-order valence-corrected chi connectivity index (χ3v) is 2.23. The van der Waals surface area contributed by atoms with Gasteiger partial charge < -0.3 is 0 Å². The van der Waals surface area contributed by atoms with Crippen molar-refractivity contribution in [1.29, 1.82) is 0 Å². The summed E-state index contributed by atoms with van der Waals surface area (Å²) in [5.74, 6) is 0. The molecule has 0 atom stereocenters. The zero-order valence-corrected chi connectivity index (χ0v) is 8.04. The lowest BCUT2D eigenvalue weighted by molar-refractivity contribution is -0.140. The van der Waals surface area contributed by atoms with Crippen molar-refractivity contribution in [3.8, 4) is 0 Å². The second-order valence-corrected chi connectivity index (χ2v) is 3.18. The van der Waals surface area contributed by atoms with Crippen LogP contribution >= 0.6 is 0 Å². The second kappa shape index (κ2) is 3.25. The number of rotatable bonds is 1. The Balaban J connectivity index is 2.76. The first kappa shape index (κ1) is 10.0. The molecule has 2 aromatic rings. The maximum absolute atomic E-state index is 12.6. The van der Waals surface area contributed by atoms with E-state index in [0.717, 1.165) is 0 Å². The first-order chi connectivity index (χ1) is 7.04. The summed E-state index contributed by atoms with van der Waals surface area (Å²) in [7, 11) is 0. The highest BCUT2D eigenvalue weighted by Crippen LogP contribution is 2.33. The fourth-order valence-electron chi connectivity index (χ4n) is 1.58. The lowest BCUT2D eigenvalue weighted by atomic mass is 10.2. The molecule has 0 N–H and O–H groups in total. The lowest BCUT2D eigenvalue weighted by Crippen LogP contribution is -2.07. The van der Waals surface area contributed by atoms with Crippen LogP contribution in [0.2, 0.25) is 0 Å². The van der Waals surface area contributed by atoms with E-state index in [1.807, 2.05) is 0 Å². The van der Waals surface area contributed by atoms with E-state index in [0.29, 0.717) is 12.1 Å². The second-order valence-electron chi connectivity index (χ2n) is 3.18. The van der Waals surface area contributed by atoms with Crippen LogP contribution in [0.3, 0.4) is 0 Å². The van der Waals surface area contributed by atoms with E-state index in [9.17, 15) is 13.2 Å². The fraction of sp³-hybridized carbons (Fsp3) is 0.300. The molecule has 1 aromatic heterocycles. The highest BCUT2D eigenvalue weighted by atomic mass is 19.4. The molecule has 0 aliphatic carbocycles. The largest absolute Gasteiger partial charge is 0.435 e. The van der Waals surface area contributed by atoms with Gasteiger partial charge in [-0.25, -0.2) is 0 Å². The molecular weight excluding hydrogens is 205 g/mol. The molecule has 15 heavy (non-hydrogen) atoms. The molecule has 0 radical (unpaired) electrons. The monoisotopic (exact) mass is 214 g/mol. The number of hydrogen-bond acceptors (Lipinski definition) is 1. The average Bonchev–Trinajstić information content (AvgIpc) is 2.55. The Morgan fingerprint density at radius 2 is 1.93 bits per heavy atom. The van der Waals surface area contributed by atoms with Gasteiger partial charge in [-0.05, 0) is 13.0 Å². The molecule has 80 valence electrons. The third-order valence-electron chi connectivity index (χ3n) is 2.23. The van der Waals surface area contributed by atoms with Gasteiger partial charge in [-0.15, -0.1) is 0 Å². The topological polar surface area (TPSA) is 17.8 Å². The first-order valence-electron chi connectivity index (χ1n) is 4.56. The maximum atomic E-state index is 12.6. The number of para-hydroxylation sites is 1. The molecule has 0 unspecified atom stereocenters. The molecule has 1 heterocycles. The molecule has 0 spiro atoms. The van der Waals surface area contributed by atoms with E-state index < -0.39 is 11.9 Å². The number of halogens is 3. The molecule has 2 nitrogen and oxygen atoms in total. The number of hydrogen-bond donors (Lipinski definition) is 0. The summed E-state index contributed by atoms with van der Waals surface area (Å²) in [4.78, 5) is 0. The third kappa shape index (κ3) is 1.58. The van der Waals surface area contributed by atoms with E-state index in [-0.39, 0.29) is 5.39 Å². The van der Waals surface area contributed by atoms with E-state index in [4.69, 9.17) is 0 Å². The van der Waals surface area contributed by atoms with Crippen LogP contribution in [0, 0.1) is 0 Å². The fourth-order valence-corrected chi connectivity index (χ4v) is 1.58. The van der Waals surface area contributed by atoms with Crippen LogP contribution in [-0.4, -0.2) is 9.78 Å². The van der Waals surface area contributed by atoms with Crippen LogP contribution in [0.4, 0.5) is 13.2 Å². The van der Waals surface area contributed by atoms with Crippen molar-refractivity contribution >= 4 is 10.9 Å². The van der Waals surface area contributed by atoms with Gasteiger partial charge in [0.2, 0.25) is 0 Å². The minimum atomic E-state index is -4.39. The molecule has 0 saturated heterocycles. The Morgan fingerprint density at radius 1 is 1.27 bits per heavy atom. The normalized spacial score (nSPS) is 12.3. The molecule has 0 fully saturated rings. The van der Waals surface area contributed by atoms with Crippen LogP contribution in [0.25, 0.3) is 10.9 Å². The molecule has 5 heteroatoms. The van der Waals surface area contributed by atoms with Crippen LogP contribution in [0.5, 0.6) is 0 Å². The number of nitrogens with zero attached hydrogens (tertiary/aromatic N) is 2. The summed E-state index contributed by atoms with van der Waals surface area (Å²) >= 11 is 0. The van der Waals surface area contributed by atoms with Crippen molar-refractivity contribution in [2.45, 2.75) is 19.6 Å². The Morgan fingerprint density at radius 3 is 2.53 bits per heavy atom. The predicted molar refractivity (Wildman–Crippen MR) is 50.4 cm³/mol. The van der Waals surface area contributed by atoms with Crippen molar-refractivity contribution in [2.24, 2.45) is 0 Å². The van der Waals surface area contributed by atoms with Crippen molar-refractivity contribution in [1.82, 2.24) is 9.78 Å². The van der Waals surface area contributed by atoms with Crippen LogP contribution in [-0.2, 0) is 12.7 Å². The minimum absolute atomic E-state index is 0.159. The van der Waals surface area contributed by atoms with E-state index in [1.165, 1.54) is 10.7 Å². The highest BCUT2D eigenvalue weighted by molar-refractivity contribution is 5.82. The molecule has 1 aromatic carbocycles. The molecule has 0 aliphatic rings. The summed E-state index contributed by atoms with van der Waals surface area (Å²) in [6.45, 7) is 2.19. The number of alkyl halides is 3. The maximum Gasteiger partial charge on any atom is 0.435 e. The number of benzene rings is 1. The van der Waals surface area contributed by atoms with Gasteiger partial charge in [0, 0.05) is 11.9 Å². The summed E-state index contributed by atoms with van der Waals surface area (Å²) < 4.78 is 39.1.